The summed E-state index contributed by atoms with van der Waals surface area (Å²) in [5, 5.41) is 9.35. The minimum atomic E-state index is -0.642. The van der Waals surface area contributed by atoms with E-state index in [0.717, 1.165) is 18.2 Å². The minimum absolute atomic E-state index is 0.110. The maximum atomic E-state index is 13.8. The lowest BCUT2D eigenvalue weighted by Crippen LogP contribution is -2.33. The minimum Gasteiger partial charge on any atom is -0.383 e. The number of carbonyl (C=O) groups is 1. The predicted octanol–water partition coefficient (Wildman–Crippen LogP) is 3.08. The van der Waals surface area contributed by atoms with Gasteiger partial charge in [-0.2, -0.15) is 5.10 Å². The van der Waals surface area contributed by atoms with Gasteiger partial charge in [0.15, 0.2) is 5.82 Å². The van der Waals surface area contributed by atoms with Crippen molar-refractivity contribution in [3.8, 4) is 0 Å². The van der Waals surface area contributed by atoms with Crippen molar-refractivity contribution in [1.29, 1.82) is 0 Å². The van der Waals surface area contributed by atoms with Crippen molar-refractivity contribution in [2.45, 2.75) is 25.9 Å². The summed E-state index contributed by atoms with van der Waals surface area (Å²) in [6, 6.07) is 3.63. The van der Waals surface area contributed by atoms with Crippen LogP contribution in [0.5, 0.6) is 0 Å². The van der Waals surface area contributed by atoms with Crippen LogP contribution in [0.15, 0.2) is 30.5 Å². The molecule has 2 N–H and O–H groups in total. The van der Waals surface area contributed by atoms with E-state index in [1.165, 1.54) is 0 Å². The highest BCUT2D eigenvalue weighted by atomic mass is 19.1. The third kappa shape index (κ3) is 4.76. The molecule has 8 heteroatoms. The number of nitrogens with zero attached hydrogens (tertiary/aromatic N) is 2. The first kappa shape index (κ1) is 17.9. The number of methoxy groups -OCH3 is 1. The monoisotopic (exact) mass is 338 g/mol. The molecule has 1 atom stereocenters. The lowest BCUT2D eigenvalue weighted by atomic mass is 10.0. The first-order chi connectivity index (χ1) is 11.5. The Morgan fingerprint density at radius 3 is 2.88 bits per heavy atom. The van der Waals surface area contributed by atoms with Gasteiger partial charge in [-0.05, 0) is 24.6 Å². The standard InChI is InChI=1S/C16H20F2N4O2/c1-3-14(12-10-11(17)4-5-13(12)18)19-16(23)20-15-6-7-22(21-15)8-9-24-2/h4-7,10,14H,3,8-9H2,1-2H3,(H2,19,20,21,23)/t14-/m0/s1. The van der Waals surface area contributed by atoms with E-state index in [2.05, 4.69) is 15.7 Å². The van der Waals surface area contributed by atoms with E-state index in [0.29, 0.717) is 25.4 Å². The number of hydrogen-bond donors (Lipinski definition) is 2. The Hall–Kier alpha value is -2.48. The zero-order valence-corrected chi connectivity index (χ0v) is 13.6. The molecular weight excluding hydrogens is 318 g/mol. The molecule has 0 spiro atoms. The zero-order valence-electron chi connectivity index (χ0n) is 13.6. The van der Waals surface area contributed by atoms with Crippen LogP contribution in [0.1, 0.15) is 24.9 Å². The van der Waals surface area contributed by atoms with Crippen LogP contribution in [0.2, 0.25) is 0 Å². The number of carbonyl (C=O) groups excluding carboxylic acids is 1. The molecule has 0 unspecified atom stereocenters. The van der Waals surface area contributed by atoms with Gasteiger partial charge in [-0.1, -0.05) is 6.92 Å². The van der Waals surface area contributed by atoms with E-state index in [-0.39, 0.29) is 5.56 Å². The van der Waals surface area contributed by atoms with Gasteiger partial charge in [0.2, 0.25) is 0 Å². The van der Waals surface area contributed by atoms with Crippen molar-refractivity contribution in [2.75, 3.05) is 19.0 Å². The first-order valence-corrected chi connectivity index (χ1v) is 7.58. The molecule has 6 nitrogen and oxygen atoms in total. The van der Waals surface area contributed by atoms with E-state index in [1.807, 2.05) is 0 Å². The van der Waals surface area contributed by atoms with Crippen LogP contribution < -0.4 is 10.6 Å². The van der Waals surface area contributed by atoms with Gasteiger partial charge in [-0.25, -0.2) is 13.6 Å². The second kappa shape index (κ2) is 8.39. The third-order valence-corrected chi connectivity index (χ3v) is 3.45. The molecule has 0 aliphatic heterocycles. The fourth-order valence-electron chi connectivity index (χ4n) is 2.23. The summed E-state index contributed by atoms with van der Waals surface area (Å²) in [7, 11) is 1.59. The van der Waals surface area contributed by atoms with Gasteiger partial charge in [0.25, 0.3) is 0 Å². The van der Waals surface area contributed by atoms with Crippen LogP contribution in [-0.2, 0) is 11.3 Å². The molecule has 0 bridgehead atoms. The summed E-state index contributed by atoms with van der Waals surface area (Å²) < 4.78 is 33.7. The quantitative estimate of drug-likeness (QED) is 0.815. The molecule has 1 heterocycles. The lowest BCUT2D eigenvalue weighted by Gasteiger charge is -2.18. The number of urea groups is 1. The number of halogens is 2. The van der Waals surface area contributed by atoms with Gasteiger partial charge in [-0.3, -0.25) is 10.00 Å². The SMILES string of the molecule is CC[C@H](NC(=O)Nc1ccn(CCOC)n1)c1cc(F)ccc1F. The van der Waals surface area contributed by atoms with Crippen molar-refractivity contribution in [3.05, 3.63) is 47.7 Å². The molecule has 2 aromatic rings. The number of anilines is 1. The van der Waals surface area contributed by atoms with Crippen molar-refractivity contribution < 1.29 is 18.3 Å². The Bertz CT molecular complexity index is 690. The fourth-order valence-corrected chi connectivity index (χ4v) is 2.23. The average molecular weight is 338 g/mol. The van der Waals surface area contributed by atoms with Gasteiger partial charge in [-0.15, -0.1) is 0 Å². The number of rotatable bonds is 7. The molecule has 1 aromatic carbocycles. The summed E-state index contributed by atoms with van der Waals surface area (Å²) >= 11 is 0. The second-order valence-electron chi connectivity index (χ2n) is 5.18. The van der Waals surface area contributed by atoms with Crippen LogP contribution in [0, 0.1) is 11.6 Å². The Morgan fingerprint density at radius 1 is 1.38 bits per heavy atom. The topological polar surface area (TPSA) is 68.2 Å². The Labute approximate surface area is 138 Å². The van der Waals surface area contributed by atoms with Crippen LogP contribution in [-0.4, -0.2) is 29.5 Å². The molecule has 130 valence electrons. The summed E-state index contributed by atoms with van der Waals surface area (Å²) in [4.78, 5) is 12.1. The molecular formula is C16H20F2N4O2. The molecule has 24 heavy (non-hydrogen) atoms. The summed E-state index contributed by atoms with van der Waals surface area (Å²) in [6.45, 7) is 2.84. The van der Waals surface area contributed by atoms with Crippen molar-refractivity contribution in [3.63, 3.8) is 0 Å². The zero-order chi connectivity index (χ0) is 17.5. The normalized spacial score (nSPS) is 12.0. The highest BCUT2D eigenvalue weighted by Gasteiger charge is 2.17. The summed E-state index contributed by atoms with van der Waals surface area (Å²) in [6.07, 6.45) is 2.12. The number of hydrogen-bond acceptors (Lipinski definition) is 3. The largest absolute Gasteiger partial charge is 0.383 e. The maximum absolute atomic E-state index is 13.8. The number of ether oxygens (including phenoxy) is 1. The smallest absolute Gasteiger partial charge is 0.320 e. The van der Waals surface area contributed by atoms with Gasteiger partial charge in [0, 0.05) is 24.9 Å². The van der Waals surface area contributed by atoms with Crippen LogP contribution in [0.25, 0.3) is 0 Å². The number of nitrogens with one attached hydrogen (secondary N) is 2. The first-order valence-electron chi connectivity index (χ1n) is 7.58. The molecule has 1 aromatic heterocycles. The summed E-state index contributed by atoms with van der Waals surface area (Å²) in [5.41, 5.74) is 0.110. The van der Waals surface area contributed by atoms with Crippen molar-refractivity contribution in [2.24, 2.45) is 0 Å². The van der Waals surface area contributed by atoms with Gasteiger partial charge in [0.1, 0.15) is 11.6 Å². The molecule has 0 fully saturated rings. The Morgan fingerprint density at radius 2 is 2.17 bits per heavy atom. The average Bonchev–Trinajstić information content (AvgIpc) is 3.00. The van der Waals surface area contributed by atoms with E-state index in [4.69, 9.17) is 4.74 Å². The Balaban J connectivity index is 1.99. The van der Waals surface area contributed by atoms with Crippen molar-refractivity contribution >= 4 is 11.8 Å². The molecule has 0 saturated carbocycles. The predicted molar refractivity (Wildman–Crippen MR) is 85.6 cm³/mol. The fraction of sp³-hybridized carbons (Fsp3) is 0.375. The molecule has 0 saturated heterocycles. The molecule has 2 rings (SSSR count). The van der Waals surface area contributed by atoms with Gasteiger partial charge >= 0.3 is 6.03 Å². The van der Waals surface area contributed by atoms with Crippen LogP contribution in [0.4, 0.5) is 19.4 Å². The van der Waals surface area contributed by atoms with Crippen LogP contribution in [0.3, 0.4) is 0 Å². The van der Waals surface area contributed by atoms with Crippen molar-refractivity contribution in [1.82, 2.24) is 15.1 Å². The number of aromatic nitrogens is 2. The highest BCUT2D eigenvalue weighted by molar-refractivity contribution is 5.88. The summed E-state index contributed by atoms with van der Waals surface area (Å²) in [5.74, 6) is -0.755. The van der Waals surface area contributed by atoms with E-state index >= 15 is 0 Å². The number of amides is 2. The molecule has 2 amide bonds. The molecule has 0 aliphatic rings. The Kier molecular flexibility index (Phi) is 6.25. The van der Waals surface area contributed by atoms with E-state index < -0.39 is 23.7 Å². The third-order valence-electron chi connectivity index (χ3n) is 3.45. The van der Waals surface area contributed by atoms with Gasteiger partial charge in [0.05, 0.1) is 19.2 Å². The van der Waals surface area contributed by atoms with Gasteiger partial charge < -0.3 is 10.1 Å². The highest BCUT2D eigenvalue weighted by Crippen LogP contribution is 2.21. The van der Waals surface area contributed by atoms with E-state index in [1.54, 1.807) is 31.0 Å². The molecule has 0 aliphatic carbocycles. The second-order valence-corrected chi connectivity index (χ2v) is 5.18. The number of benzene rings is 1. The van der Waals surface area contributed by atoms with Crippen LogP contribution >= 0.6 is 0 Å². The lowest BCUT2D eigenvalue weighted by molar-refractivity contribution is 0.183. The molecule has 0 radical (unpaired) electrons. The van der Waals surface area contributed by atoms with E-state index in [9.17, 15) is 13.6 Å². The maximum Gasteiger partial charge on any atom is 0.320 e.